The Bertz CT molecular complexity index is 694. The van der Waals surface area contributed by atoms with E-state index < -0.39 is 11.5 Å². The van der Waals surface area contributed by atoms with E-state index in [2.05, 4.69) is 0 Å². The Morgan fingerprint density at radius 2 is 2.24 bits per heavy atom. The van der Waals surface area contributed by atoms with Crippen LogP contribution in [-0.4, -0.2) is 60.5 Å². The first kappa shape index (κ1) is 17.9. The van der Waals surface area contributed by atoms with Crippen LogP contribution >= 0.6 is 0 Å². The molecule has 1 aliphatic rings. The summed E-state index contributed by atoms with van der Waals surface area (Å²) in [7, 11) is 1.63. The number of hydrogen-bond donors (Lipinski definition) is 2. The fraction of sp³-hybridized carbons (Fsp3) is 0.526. The van der Waals surface area contributed by atoms with Crippen LogP contribution in [0.4, 0.5) is 0 Å². The molecular formula is C19H25NO5. The zero-order valence-corrected chi connectivity index (χ0v) is 14.5. The fourth-order valence-corrected chi connectivity index (χ4v) is 3.61. The first-order valence-electron chi connectivity index (χ1n) is 8.65. The average Bonchev–Trinajstić information content (AvgIpc) is 3.07. The lowest BCUT2D eigenvalue weighted by Crippen LogP contribution is -2.55. The second-order valence-electron chi connectivity index (χ2n) is 6.80. The van der Waals surface area contributed by atoms with Gasteiger partial charge in [0.05, 0.1) is 12.7 Å². The van der Waals surface area contributed by atoms with Crippen LogP contribution in [0.5, 0.6) is 0 Å². The Hall–Kier alpha value is -1.89. The number of ether oxygens (including phenoxy) is 1. The number of fused-ring (bicyclic) bond motifs is 1. The standard InChI is InChI=1S/C19H25NO5/c1-24-10-4-8-19(13-21)12-20(9-7-17(19)22)18(23)16-11-14-5-2-3-6-15(14)25-16/h2-3,5-6,11,17,21-22H,4,7-10,12-13H2,1H3/t17-,19+/m1/s1. The number of methoxy groups -OCH3 is 1. The van der Waals surface area contributed by atoms with Crippen molar-refractivity contribution in [3.05, 3.63) is 36.1 Å². The second kappa shape index (κ2) is 7.56. The molecule has 3 rings (SSSR count). The molecule has 1 amide bonds. The van der Waals surface area contributed by atoms with Gasteiger partial charge < -0.3 is 24.3 Å². The Morgan fingerprint density at radius 3 is 2.96 bits per heavy atom. The van der Waals surface area contributed by atoms with Crippen LogP contribution in [0.2, 0.25) is 0 Å². The lowest BCUT2D eigenvalue weighted by molar-refractivity contribution is -0.0749. The minimum atomic E-state index is -0.710. The molecule has 2 atom stereocenters. The molecule has 0 spiro atoms. The molecule has 0 saturated carbocycles. The molecule has 0 bridgehead atoms. The predicted molar refractivity (Wildman–Crippen MR) is 93.4 cm³/mol. The van der Waals surface area contributed by atoms with E-state index in [-0.39, 0.29) is 12.5 Å². The largest absolute Gasteiger partial charge is 0.451 e. The number of furan rings is 1. The van der Waals surface area contributed by atoms with Crippen LogP contribution < -0.4 is 0 Å². The minimum Gasteiger partial charge on any atom is -0.451 e. The summed E-state index contributed by atoms with van der Waals surface area (Å²) in [6, 6.07) is 9.24. The van der Waals surface area contributed by atoms with Crippen molar-refractivity contribution in [3.63, 3.8) is 0 Å². The quantitative estimate of drug-likeness (QED) is 0.782. The average molecular weight is 347 g/mol. The third kappa shape index (κ3) is 3.56. The topological polar surface area (TPSA) is 83.1 Å². The minimum absolute atomic E-state index is 0.165. The summed E-state index contributed by atoms with van der Waals surface area (Å²) in [5.74, 6) is 0.0917. The van der Waals surface area contributed by atoms with Crippen molar-refractivity contribution in [2.24, 2.45) is 5.41 Å². The predicted octanol–water partition coefficient (Wildman–Crippen LogP) is 2.04. The maximum atomic E-state index is 12.9. The number of aliphatic hydroxyl groups is 2. The number of para-hydroxylation sites is 1. The smallest absolute Gasteiger partial charge is 0.289 e. The van der Waals surface area contributed by atoms with E-state index in [1.807, 2.05) is 24.3 Å². The van der Waals surface area contributed by atoms with Crippen molar-refractivity contribution in [3.8, 4) is 0 Å². The number of carbonyl (C=O) groups is 1. The zero-order chi connectivity index (χ0) is 17.9. The summed E-state index contributed by atoms with van der Waals surface area (Å²) in [4.78, 5) is 14.5. The summed E-state index contributed by atoms with van der Waals surface area (Å²) >= 11 is 0. The van der Waals surface area contributed by atoms with E-state index in [0.717, 1.165) is 11.8 Å². The highest BCUT2D eigenvalue weighted by atomic mass is 16.5. The Kier molecular flexibility index (Phi) is 5.42. The van der Waals surface area contributed by atoms with Crippen LogP contribution in [0, 0.1) is 5.41 Å². The molecular weight excluding hydrogens is 322 g/mol. The summed E-state index contributed by atoms with van der Waals surface area (Å²) in [6.07, 6.45) is 1.14. The summed E-state index contributed by atoms with van der Waals surface area (Å²) < 4.78 is 10.8. The van der Waals surface area contributed by atoms with Gasteiger partial charge in [0, 0.05) is 37.6 Å². The van der Waals surface area contributed by atoms with Gasteiger partial charge in [-0.3, -0.25) is 4.79 Å². The molecule has 0 radical (unpaired) electrons. The maximum Gasteiger partial charge on any atom is 0.289 e. The molecule has 1 aliphatic heterocycles. The number of carbonyl (C=O) groups excluding carboxylic acids is 1. The van der Waals surface area contributed by atoms with E-state index in [9.17, 15) is 15.0 Å². The Labute approximate surface area is 147 Å². The fourth-order valence-electron chi connectivity index (χ4n) is 3.61. The van der Waals surface area contributed by atoms with E-state index in [1.165, 1.54) is 0 Å². The number of benzene rings is 1. The van der Waals surface area contributed by atoms with Crippen molar-refractivity contribution in [2.45, 2.75) is 25.4 Å². The van der Waals surface area contributed by atoms with Gasteiger partial charge in [0.25, 0.3) is 5.91 Å². The van der Waals surface area contributed by atoms with Gasteiger partial charge in [-0.05, 0) is 31.4 Å². The molecule has 0 unspecified atom stereocenters. The lowest BCUT2D eigenvalue weighted by atomic mass is 9.74. The van der Waals surface area contributed by atoms with E-state index >= 15 is 0 Å². The number of piperidine rings is 1. The van der Waals surface area contributed by atoms with Crippen molar-refractivity contribution in [1.29, 1.82) is 0 Å². The molecule has 2 aromatic rings. The second-order valence-corrected chi connectivity index (χ2v) is 6.80. The number of amides is 1. The highest BCUT2D eigenvalue weighted by Crippen LogP contribution is 2.35. The van der Waals surface area contributed by atoms with Gasteiger partial charge in [-0.2, -0.15) is 0 Å². The summed E-state index contributed by atoms with van der Waals surface area (Å²) in [5.41, 5.74) is -0.0326. The van der Waals surface area contributed by atoms with E-state index in [1.54, 1.807) is 18.1 Å². The molecule has 1 saturated heterocycles. The van der Waals surface area contributed by atoms with Crippen molar-refractivity contribution < 1.29 is 24.2 Å². The van der Waals surface area contributed by atoms with Gasteiger partial charge in [-0.25, -0.2) is 0 Å². The first-order valence-corrected chi connectivity index (χ1v) is 8.65. The number of nitrogens with zero attached hydrogens (tertiary/aromatic N) is 1. The van der Waals surface area contributed by atoms with Gasteiger partial charge in [0.15, 0.2) is 5.76 Å². The van der Waals surface area contributed by atoms with Crippen molar-refractivity contribution in [1.82, 2.24) is 4.90 Å². The van der Waals surface area contributed by atoms with E-state index in [0.29, 0.717) is 43.9 Å². The summed E-state index contributed by atoms with van der Waals surface area (Å²) in [5, 5.41) is 21.3. The van der Waals surface area contributed by atoms with Crippen molar-refractivity contribution in [2.75, 3.05) is 33.4 Å². The zero-order valence-electron chi connectivity index (χ0n) is 14.5. The molecule has 1 aromatic carbocycles. The molecule has 136 valence electrons. The SMILES string of the molecule is COCCC[C@@]1(CO)CN(C(=O)c2cc3ccccc3o2)CC[C@H]1O. The molecule has 6 nitrogen and oxygen atoms in total. The molecule has 6 heteroatoms. The normalized spacial score (nSPS) is 24.0. The lowest BCUT2D eigenvalue weighted by Gasteiger charge is -2.45. The third-order valence-corrected chi connectivity index (χ3v) is 5.15. The van der Waals surface area contributed by atoms with Crippen LogP contribution in [0.25, 0.3) is 11.0 Å². The van der Waals surface area contributed by atoms with Crippen LogP contribution in [0.15, 0.2) is 34.7 Å². The van der Waals surface area contributed by atoms with Gasteiger partial charge in [0.1, 0.15) is 5.58 Å². The maximum absolute atomic E-state index is 12.9. The van der Waals surface area contributed by atoms with Crippen LogP contribution in [-0.2, 0) is 4.74 Å². The van der Waals surface area contributed by atoms with Crippen molar-refractivity contribution >= 4 is 16.9 Å². The highest BCUT2D eigenvalue weighted by molar-refractivity contribution is 5.96. The van der Waals surface area contributed by atoms with Crippen LogP contribution in [0.1, 0.15) is 29.8 Å². The monoisotopic (exact) mass is 347 g/mol. The number of hydrogen-bond acceptors (Lipinski definition) is 5. The van der Waals surface area contributed by atoms with E-state index in [4.69, 9.17) is 9.15 Å². The Morgan fingerprint density at radius 1 is 1.44 bits per heavy atom. The van der Waals surface area contributed by atoms with Gasteiger partial charge >= 0.3 is 0 Å². The number of rotatable bonds is 6. The molecule has 2 heterocycles. The number of likely N-dealkylation sites (tertiary alicyclic amines) is 1. The molecule has 1 fully saturated rings. The third-order valence-electron chi connectivity index (χ3n) is 5.15. The van der Waals surface area contributed by atoms with Gasteiger partial charge in [0.2, 0.25) is 0 Å². The van der Waals surface area contributed by atoms with Crippen LogP contribution in [0.3, 0.4) is 0 Å². The Balaban J connectivity index is 1.78. The first-order chi connectivity index (χ1) is 12.1. The highest BCUT2D eigenvalue weighted by Gasteiger charge is 2.43. The number of aliphatic hydroxyl groups excluding tert-OH is 2. The summed E-state index contributed by atoms with van der Waals surface area (Å²) in [6.45, 7) is 1.15. The molecule has 25 heavy (non-hydrogen) atoms. The molecule has 1 aromatic heterocycles. The van der Waals surface area contributed by atoms with Gasteiger partial charge in [-0.1, -0.05) is 18.2 Å². The van der Waals surface area contributed by atoms with Gasteiger partial charge in [-0.15, -0.1) is 0 Å². The molecule has 0 aliphatic carbocycles. The molecule has 2 N–H and O–H groups in total.